The van der Waals surface area contributed by atoms with Crippen LogP contribution in [0.5, 0.6) is 5.75 Å². The van der Waals surface area contributed by atoms with E-state index in [1.807, 2.05) is 0 Å². The number of phenols is 1. The molecule has 0 amide bonds. The molecule has 3 nitrogen and oxygen atoms in total. The monoisotopic (exact) mass is 306 g/mol. The van der Waals surface area contributed by atoms with Gasteiger partial charge in [-0.25, -0.2) is 0 Å². The molecule has 0 atom stereocenters. The number of benzene rings is 2. The van der Waals surface area contributed by atoms with E-state index in [2.05, 4.69) is 0 Å². The highest BCUT2D eigenvalue weighted by Crippen LogP contribution is 2.31. The van der Waals surface area contributed by atoms with Gasteiger partial charge in [-0.3, -0.25) is 4.79 Å². The molecule has 1 aromatic heterocycles. The normalized spacial score (nSPS) is 10.9. The van der Waals surface area contributed by atoms with Crippen LogP contribution in [0.2, 0.25) is 10.0 Å². The minimum Gasteiger partial charge on any atom is -0.508 e. The Labute approximate surface area is 124 Å². The van der Waals surface area contributed by atoms with Gasteiger partial charge in [0.1, 0.15) is 11.5 Å². The van der Waals surface area contributed by atoms with E-state index in [1.165, 1.54) is 18.2 Å². The fourth-order valence-corrected chi connectivity index (χ4v) is 2.40. The lowest BCUT2D eigenvalue weighted by molar-refractivity contribution is 0.475. The molecule has 3 rings (SSSR count). The van der Waals surface area contributed by atoms with Crippen LogP contribution in [0.1, 0.15) is 0 Å². The molecule has 0 unspecified atom stereocenters. The van der Waals surface area contributed by atoms with Crippen molar-refractivity contribution >= 4 is 34.2 Å². The Balaban J connectivity index is 2.32. The van der Waals surface area contributed by atoms with E-state index in [9.17, 15) is 9.90 Å². The van der Waals surface area contributed by atoms with Gasteiger partial charge in [0, 0.05) is 11.6 Å². The van der Waals surface area contributed by atoms with Crippen LogP contribution in [-0.4, -0.2) is 5.11 Å². The average Bonchev–Trinajstić information content (AvgIpc) is 2.43. The molecular formula is C15H8Cl2O3. The van der Waals surface area contributed by atoms with Gasteiger partial charge in [0.2, 0.25) is 0 Å². The smallest absolute Gasteiger partial charge is 0.194 e. The molecule has 5 heteroatoms. The van der Waals surface area contributed by atoms with Gasteiger partial charge in [0.05, 0.1) is 15.4 Å². The van der Waals surface area contributed by atoms with Gasteiger partial charge in [-0.05, 0) is 36.4 Å². The third kappa shape index (κ3) is 2.15. The largest absolute Gasteiger partial charge is 0.508 e. The molecule has 0 aliphatic heterocycles. The molecule has 0 bridgehead atoms. The number of hydrogen-bond acceptors (Lipinski definition) is 3. The number of aromatic hydroxyl groups is 1. The molecule has 1 N–H and O–H groups in total. The maximum absolute atomic E-state index is 12.2. The van der Waals surface area contributed by atoms with Gasteiger partial charge in [-0.2, -0.15) is 0 Å². The Morgan fingerprint density at radius 1 is 0.950 bits per heavy atom. The first kappa shape index (κ1) is 13.0. The standard InChI is InChI=1S/C15H8Cl2O3/c16-10-5-6-11(17)15-14(10)12(19)7-13(20-15)8-1-3-9(18)4-2-8/h1-7,18H. The lowest BCUT2D eigenvalue weighted by Crippen LogP contribution is -2.01. The van der Waals surface area contributed by atoms with Crippen molar-refractivity contribution in [2.24, 2.45) is 0 Å². The van der Waals surface area contributed by atoms with E-state index >= 15 is 0 Å². The van der Waals surface area contributed by atoms with Crippen LogP contribution in [0.3, 0.4) is 0 Å². The maximum Gasteiger partial charge on any atom is 0.194 e. The summed E-state index contributed by atoms with van der Waals surface area (Å²) in [7, 11) is 0. The SMILES string of the molecule is O=c1cc(-c2ccc(O)cc2)oc2c(Cl)ccc(Cl)c12. The maximum atomic E-state index is 12.2. The zero-order chi connectivity index (χ0) is 14.3. The Morgan fingerprint density at radius 2 is 1.60 bits per heavy atom. The average molecular weight is 307 g/mol. The topological polar surface area (TPSA) is 50.4 Å². The first-order valence-corrected chi connectivity index (χ1v) is 6.53. The second kappa shape index (κ2) is 4.85. The van der Waals surface area contributed by atoms with E-state index in [0.29, 0.717) is 21.4 Å². The summed E-state index contributed by atoms with van der Waals surface area (Å²) in [4.78, 5) is 12.2. The molecule has 0 spiro atoms. The Hall–Kier alpha value is -1.97. The van der Waals surface area contributed by atoms with E-state index in [-0.39, 0.29) is 22.1 Å². The summed E-state index contributed by atoms with van der Waals surface area (Å²) in [5.41, 5.74) is 0.661. The summed E-state index contributed by atoms with van der Waals surface area (Å²) in [5.74, 6) is 0.504. The highest BCUT2D eigenvalue weighted by atomic mass is 35.5. The fraction of sp³-hybridized carbons (Fsp3) is 0. The summed E-state index contributed by atoms with van der Waals surface area (Å²) in [5, 5.41) is 10.2. The zero-order valence-corrected chi connectivity index (χ0v) is 11.6. The Morgan fingerprint density at radius 3 is 2.30 bits per heavy atom. The minimum absolute atomic E-state index is 0.137. The second-order valence-electron chi connectivity index (χ2n) is 4.26. The highest BCUT2D eigenvalue weighted by Gasteiger charge is 2.12. The lowest BCUT2D eigenvalue weighted by atomic mass is 10.1. The molecule has 20 heavy (non-hydrogen) atoms. The predicted molar refractivity (Wildman–Crippen MR) is 79.6 cm³/mol. The van der Waals surface area contributed by atoms with Crippen LogP contribution in [0, 0.1) is 0 Å². The van der Waals surface area contributed by atoms with Crippen LogP contribution in [-0.2, 0) is 0 Å². The zero-order valence-electron chi connectivity index (χ0n) is 10.1. The fourth-order valence-electron chi connectivity index (χ4n) is 1.96. The third-order valence-electron chi connectivity index (χ3n) is 2.93. The molecular weight excluding hydrogens is 299 g/mol. The third-order valence-corrected chi connectivity index (χ3v) is 3.54. The molecule has 100 valence electrons. The summed E-state index contributed by atoms with van der Waals surface area (Å²) in [6.07, 6.45) is 0. The molecule has 1 heterocycles. The molecule has 0 saturated heterocycles. The molecule has 3 aromatic rings. The summed E-state index contributed by atoms with van der Waals surface area (Å²) in [6, 6.07) is 10.8. The first-order valence-electron chi connectivity index (χ1n) is 5.77. The van der Waals surface area contributed by atoms with Crippen LogP contribution in [0.25, 0.3) is 22.3 Å². The van der Waals surface area contributed by atoms with Gasteiger partial charge in [0.25, 0.3) is 0 Å². The van der Waals surface area contributed by atoms with Crippen LogP contribution >= 0.6 is 23.2 Å². The van der Waals surface area contributed by atoms with Crippen molar-refractivity contribution in [2.45, 2.75) is 0 Å². The number of halogens is 2. The van der Waals surface area contributed by atoms with Gasteiger partial charge in [-0.1, -0.05) is 23.2 Å². The molecule has 2 aromatic carbocycles. The lowest BCUT2D eigenvalue weighted by Gasteiger charge is -2.05. The van der Waals surface area contributed by atoms with E-state index in [4.69, 9.17) is 27.6 Å². The molecule has 0 aliphatic rings. The first-order chi connectivity index (χ1) is 9.56. The van der Waals surface area contributed by atoms with Crippen LogP contribution in [0.4, 0.5) is 0 Å². The van der Waals surface area contributed by atoms with Crippen molar-refractivity contribution in [2.75, 3.05) is 0 Å². The Kier molecular flexibility index (Phi) is 3.16. The van der Waals surface area contributed by atoms with E-state index in [1.54, 1.807) is 24.3 Å². The highest BCUT2D eigenvalue weighted by molar-refractivity contribution is 6.39. The number of hydrogen-bond donors (Lipinski definition) is 1. The van der Waals surface area contributed by atoms with Gasteiger partial charge >= 0.3 is 0 Å². The van der Waals surface area contributed by atoms with Crippen LogP contribution < -0.4 is 5.43 Å². The summed E-state index contributed by atoms with van der Waals surface area (Å²) in [6.45, 7) is 0. The predicted octanol–water partition coefficient (Wildman–Crippen LogP) is 4.47. The number of rotatable bonds is 1. The van der Waals surface area contributed by atoms with E-state index in [0.717, 1.165) is 0 Å². The second-order valence-corrected chi connectivity index (χ2v) is 5.07. The number of phenolic OH excluding ortho intramolecular Hbond substituents is 1. The van der Waals surface area contributed by atoms with Gasteiger partial charge in [-0.15, -0.1) is 0 Å². The minimum atomic E-state index is -0.262. The molecule has 0 aliphatic carbocycles. The quantitative estimate of drug-likeness (QED) is 0.721. The summed E-state index contributed by atoms with van der Waals surface area (Å²) >= 11 is 12.1. The van der Waals surface area contributed by atoms with Crippen LogP contribution in [0.15, 0.2) is 51.7 Å². The van der Waals surface area contributed by atoms with Gasteiger partial charge < -0.3 is 9.52 Å². The molecule has 0 fully saturated rings. The summed E-state index contributed by atoms with van der Waals surface area (Å²) < 4.78 is 5.68. The van der Waals surface area contributed by atoms with Gasteiger partial charge in [0.15, 0.2) is 11.0 Å². The van der Waals surface area contributed by atoms with Crippen molar-refractivity contribution in [3.8, 4) is 17.1 Å². The molecule has 0 saturated carbocycles. The van der Waals surface area contributed by atoms with Crippen molar-refractivity contribution in [3.63, 3.8) is 0 Å². The Bertz CT molecular complexity index is 851. The van der Waals surface area contributed by atoms with E-state index < -0.39 is 0 Å². The van der Waals surface area contributed by atoms with Crippen molar-refractivity contribution in [3.05, 3.63) is 62.7 Å². The van der Waals surface area contributed by atoms with Crippen molar-refractivity contribution in [1.29, 1.82) is 0 Å². The molecule has 0 radical (unpaired) electrons. The number of fused-ring (bicyclic) bond motifs is 1. The van der Waals surface area contributed by atoms with Crippen molar-refractivity contribution in [1.82, 2.24) is 0 Å². The van der Waals surface area contributed by atoms with Crippen molar-refractivity contribution < 1.29 is 9.52 Å².